The van der Waals surface area contributed by atoms with Crippen LogP contribution < -0.4 is 0 Å². The molecule has 1 rings (SSSR count). The van der Waals surface area contributed by atoms with Gasteiger partial charge in [0.25, 0.3) is 0 Å². The van der Waals surface area contributed by atoms with E-state index in [0.29, 0.717) is 0 Å². The summed E-state index contributed by atoms with van der Waals surface area (Å²) in [6.45, 7) is 20.5. The molecule has 98 valence electrons. The number of allylic oxidation sites excluding steroid dienone is 1. The van der Waals surface area contributed by atoms with Crippen LogP contribution in [-0.4, -0.2) is 4.37 Å². The van der Waals surface area contributed by atoms with Crippen LogP contribution in [0.3, 0.4) is 0 Å². The van der Waals surface area contributed by atoms with Crippen LogP contribution in [-0.2, 0) is 0 Å². The zero-order valence-electron chi connectivity index (χ0n) is 11.7. The standard InChI is InChI=1S/C7H7NS2.C3H6.2C2H6/c1-3-5-6(4-2)10-8-7(5)9;1-3-2;2*1-2/h3-4H,1-2H2,(H,8,9);3H,1H2,2H3;2*1-2H3. The number of hydrogen-bond donors (Lipinski definition) is 1. The van der Waals surface area contributed by atoms with Gasteiger partial charge in [0, 0.05) is 5.56 Å². The molecule has 0 aliphatic rings. The van der Waals surface area contributed by atoms with Crippen molar-refractivity contribution in [3.8, 4) is 0 Å². The molecule has 0 saturated heterocycles. The molecule has 0 fully saturated rings. The minimum absolute atomic E-state index is 0.745. The fourth-order valence-electron chi connectivity index (χ4n) is 0.668. The molecule has 0 atom stereocenters. The first-order valence-corrected chi connectivity index (χ1v) is 6.97. The lowest BCUT2D eigenvalue weighted by molar-refractivity contribution is 1.50. The largest absolute Gasteiger partial charge is 0.301 e. The maximum Gasteiger partial charge on any atom is 0.121 e. The molecule has 0 radical (unpaired) electrons. The fraction of sp³-hybridized carbons (Fsp3) is 0.357. The second kappa shape index (κ2) is 17.5. The highest BCUT2D eigenvalue weighted by Gasteiger charge is 1.98. The highest BCUT2D eigenvalue weighted by atomic mass is 32.1. The molecule has 0 aliphatic heterocycles. The van der Waals surface area contributed by atoms with Gasteiger partial charge in [-0.05, 0) is 13.0 Å². The van der Waals surface area contributed by atoms with Gasteiger partial charge in [-0.15, -0.1) is 6.58 Å². The van der Waals surface area contributed by atoms with Crippen molar-refractivity contribution in [2.45, 2.75) is 34.6 Å². The first kappa shape index (κ1) is 21.4. The number of nitrogens with one attached hydrogen (secondary N) is 1. The van der Waals surface area contributed by atoms with Crippen LogP contribution in [0.4, 0.5) is 0 Å². The molecular formula is C14H25NS2. The Morgan fingerprint density at radius 3 is 1.71 bits per heavy atom. The predicted octanol–water partition coefficient (Wildman–Crippen LogP) is 6.34. The van der Waals surface area contributed by atoms with Crippen LogP contribution in [0.5, 0.6) is 0 Å². The molecule has 0 aliphatic carbocycles. The molecule has 1 aromatic heterocycles. The van der Waals surface area contributed by atoms with Crippen LogP contribution in [0.2, 0.25) is 0 Å². The molecule has 0 aromatic carbocycles. The first-order chi connectivity index (χ1) is 8.21. The van der Waals surface area contributed by atoms with Crippen molar-refractivity contribution in [2.75, 3.05) is 0 Å². The third-order valence-electron chi connectivity index (χ3n) is 1.15. The Morgan fingerprint density at radius 1 is 1.06 bits per heavy atom. The Kier molecular flexibility index (Phi) is 21.9. The molecule has 0 saturated carbocycles. The number of rotatable bonds is 2. The van der Waals surface area contributed by atoms with Crippen LogP contribution in [0, 0.1) is 4.64 Å². The lowest BCUT2D eigenvalue weighted by Gasteiger charge is -1.83. The van der Waals surface area contributed by atoms with Crippen LogP contribution >= 0.6 is 23.8 Å². The maximum atomic E-state index is 4.97. The first-order valence-electron chi connectivity index (χ1n) is 5.74. The van der Waals surface area contributed by atoms with Crippen molar-refractivity contribution in [1.82, 2.24) is 4.37 Å². The highest BCUT2D eigenvalue weighted by molar-refractivity contribution is 7.71. The smallest absolute Gasteiger partial charge is 0.121 e. The molecule has 1 aromatic rings. The molecule has 1 nitrogen and oxygen atoms in total. The van der Waals surface area contributed by atoms with Crippen LogP contribution in [0.1, 0.15) is 45.1 Å². The molecular weight excluding hydrogens is 246 g/mol. The van der Waals surface area contributed by atoms with E-state index in [9.17, 15) is 0 Å². The van der Waals surface area contributed by atoms with Gasteiger partial charge < -0.3 is 4.37 Å². The van der Waals surface area contributed by atoms with Crippen molar-refractivity contribution in [1.29, 1.82) is 0 Å². The lowest BCUT2D eigenvalue weighted by atomic mass is 10.3. The highest BCUT2D eigenvalue weighted by Crippen LogP contribution is 2.17. The monoisotopic (exact) mass is 271 g/mol. The van der Waals surface area contributed by atoms with Gasteiger partial charge in [-0.3, -0.25) is 0 Å². The summed E-state index contributed by atoms with van der Waals surface area (Å²) < 4.78 is 3.70. The summed E-state index contributed by atoms with van der Waals surface area (Å²) in [5.41, 5.74) is 0.981. The molecule has 1 heterocycles. The van der Waals surface area contributed by atoms with Gasteiger partial charge in [-0.25, -0.2) is 0 Å². The van der Waals surface area contributed by atoms with Gasteiger partial charge in [-0.2, -0.15) is 0 Å². The predicted molar refractivity (Wildman–Crippen MR) is 88.3 cm³/mol. The van der Waals surface area contributed by atoms with E-state index < -0.39 is 0 Å². The molecule has 0 spiro atoms. The molecule has 17 heavy (non-hydrogen) atoms. The van der Waals surface area contributed by atoms with Crippen LogP contribution in [0.15, 0.2) is 25.8 Å². The Labute approximate surface area is 116 Å². The van der Waals surface area contributed by atoms with Gasteiger partial charge in [-0.1, -0.05) is 76.8 Å². The zero-order valence-corrected chi connectivity index (χ0v) is 13.3. The van der Waals surface area contributed by atoms with Gasteiger partial charge in [0.2, 0.25) is 0 Å². The van der Waals surface area contributed by atoms with Gasteiger partial charge in [0.1, 0.15) is 4.64 Å². The van der Waals surface area contributed by atoms with Crippen molar-refractivity contribution >= 4 is 35.9 Å². The second-order valence-corrected chi connectivity index (χ2v) is 3.38. The Bertz CT molecular complexity index is 345. The van der Waals surface area contributed by atoms with E-state index >= 15 is 0 Å². The summed E-state index contributed by atoms with van der Waals surface area (Å²) >= 11 is 6.46. The van der Waals surface area contributed by atoms with E-state index in [1.807, 2.05) is 34.6 Å². The third-order valence-corrected chi connectivity index (χ3v) is 2.52. The normalized spacial score (nSPS) is 6.88. The minimum atomic E-state index is 0.745. The van der Waals surface area contributed by atoms with Crippen LogP contribution in [0.25, 0.3) is 12.2 Å². The molecule has 0 bridgehead atoms. The Hall–Kier alpha value is -0.930. The number of hydrogen-bond acceptors (Lipinski definition) is 2. The molecule has 1 N–H and O–H groups in total. The summed E-state index contributed by atoms with van der Waals surface area (Å²) in [5.74, 6) is 0. The summed E-state index contributed by atoms with van der Waals surface area (Å²) in [4.78, 5) is 1.06. The van der Waals surface area contributed by atoms with Crippen molar-refractivity contribution in [3.63, 3.8) is 0 Å². The van der Waals surface area contributed by atoms with E-state index in [-0.39, 0.29) is 0 Å². The molecule has 0 unspecified atom stereocenters. The average molecular weight is 271 g/mol. The number of aromatic amines is 1. The fourth-order valence-corrected chi connectivity index (χ4v) is 1.74. The second-order valence-electron chi connectivity index (χ2n) is 2.13. The SMILES string of the molecule is C=CC.C=Cc1s[nH]c(=S)c1C=C.CC.CC. The van der Waals surface area contributed by atoms with Gasteiger partial charge in [0.05, 0.1) is 4.88 Å². The summed E-state index contributed by atoms with van der Waals surface area (Å²) in [5, 5.41) is 0. The number of aromatic nitrogens is 1. The van der Waals surface area contributed by atoms with E-state index in [4.69, 9.17) is 12.2 Å². The van der Waals surface area contributed by atoms with E-state index in [1.54, 1.807) is 18.2 Å². The van der Waals surface area contributed by atoms with Crippen molar-refractivity contribution in [3.05, 3.63) is 40.9 Å². The van der Waals surface area contributed by atoms with Crippen molar-refractivity contribution in [2.24, 2.45) is 0 Å². The quantitative estimate of drug-likeness (QED) is 0.490. The number of H-pyrrole nitrogens is 1. The third kappa shape index (κ3) is 9.97. The Balaban J connectivity index is -0.000000239. The van der Waals surface area contributed by atoms with Gasteiger partial charge >= 0.3 is 0 Å². The Morgan fingerprint density at radius 2 is 1.47 bits per heavy atom. The summed E-state index contributed by atoms with van der Waals surface area (Å²) in [7, 11) is 0. The summed E-state index contributed by atoms with van der Waals surface area (Å²) in [6, 6.07) is 0. The van der Waals surface area contributed by atoms with E-state index in [2.05, 4.69) is 24.1 Å². The maximum absolute atomic E-state index is 4.97. The topological polar surface area (TPSA) is 15.8 Å². The summed E-state index contributed by atoms with van der Waals surface area (Å²) in [6.07, 6.45) is 5.26. The minimum Gasteiger partial charge on any atom is -0.301 e. The molecule has 0 amide bonds. The zero-order chi connectivity index (χ0) is 14.3. The average Bonchev–Trinajstić information content (AvgIpc) is 2.75. The van der Waals surface area contributed by atoms with E-state index in [0.717, 1.165) is 15.1 Å². The van der Waals surface area contributed by atoms with E-state index in [1.165, 1.54) is 11.5 Å². The lowest BCUT2D eigenvalue weighted by Crippen LogP contribution is -1.67. The van der Waals surface area contributed by atoms with Gasteiger partial charge in [0.15, 0.2) is 0 Å². The van der Waals surface area contributed by atoms with Crippen molar-refractivity contribution < 1.29 is 0 Å². The molecule has 3 heteroatoms.